The summed E-state index contributed by atoms with van der Waals surface area (Å²) in [7, 11) is 0. The number of rotatable bonds is 6. The van der Waals surface area contributed by atoms with E-state index in [0.29, 0.717) is 35.5 Å². The lowest BCUT2D eigenvalue weighted by atomic mass is 10.1. The first kappa shape index (κ1) is 23.7. The van der Waals surface area contributed by atoms with Crippen molar-refractivity contribution in [3.8, 4) is 0 Å². The fourth-order valence-corrected chi connectivity index (χ4v) is 3.47. The topological polar surface area (TPSA) is 117 Å². The number of carbonyl (C=O) groups excluding carboxylic acids is 2. The number of nitrogen functional groups attached to an aromatic ring is 1. The van der Waals surface area contributed by atoms with Crippen LogP contribution < -0.4 is 11.1 Å². The number of H-pyrrole nitrogens is 1. The van der Waals surface area contributed by atoms with Crippen molar-refractivity contribution < 1.29 is 9.59 Å². The van der Waals surface area contributed by atoms with Crippen molar-refractivity contribution in [2.24, 2.45) is 0 Å². The molecule has 0 saturated heterocycles. The number of aromatic amines is 1. The molecule has 0 aliphatic rings. The number of hydrogen-bond donors (Lipinski definition) is 3. The van der Waals surface area contributed by atoms with Gasteiger partial charge in [-0.05, 0) is 35.7 Å². The molecule has 0 bridgehead atoms. The number of nitrogens with one attached hydrogen (secondary N) is 2. The lowest BCUT2D eigenvalue weighted by molar-refractivity contribution is -0.119. The second-order valence-electron chi connectivity index (χ2n) is 7.46. The van der Waals surface area contributed by atoms with Crippen LogP contribution in [-0.2, 0) is 22.7 Å². The highest BCUT2D eigenvalue weighted by Crippen LogP contribution is 2.23. The number of anilines is 2. The first-order valence-electron chi connectivity index (χ1n) is 10.2. The summed E-state index contributed by atoms with van der Waals surface area (Å²) in [6, 6.07) is 15.7. The fraction of sp³-hybridized carbons (Fsp3) is 0.167. The molecule has 2 aromatic carbocycles. The van der Waals surface area contributed by atoms with E-state index < -0.39 is 0 Å². The van der Waals surface area contributed by atoms with Crippen molar-refractivity contribution in [1.82, 2.24) is 20.1 Å². The van der Waals surface area contributed by atoms with E-state index in [1.807, 2.05) is 55.5 Å². The average molecular weight is 465 g/mol. The Morgan fingerprint density at radius 1 is 1.18 bits per heavy atom. The zero-order valence-corrected chi connectivity index (χ0v) is 19.1. The summed E-state index contributed by atoms with van der Waals surface area (Å²) < 4.78 is 0. The predicted octanol–water partition coefficient (Wildman–Crippen LogP) is 4.31. The maximum atomic E-state index is 11.2. The second kappa shape index (κ2) is 11.1. The summed E-state index contributed by atoms with van der Waals surface area (Å²) in [6.45, 7) is 4.65. The zero-order valence-electron chi connectivity index (χ0n) is 18.4. The van der Waals surface area contributed by atoms with Crippen LogP contribution in [0.5, 0.6) is 0 Å². The van der Waals surface area contributed by atoms with E-state index in [2.05, 4.69) is 20.5 Å². The second-order valence-corrected chi connectivity index (χ2v) is 7.90. The molecule has 4 aromatic rings. The molecule has 2 aromatic heterocycles. The highest BCUT2D eigenvalue weighted by molar-refractivity contribution is 6.30. The van der Waals surface area contributed by atoms with E-state index in [-0.39, 0.29) is 5.91 Å². The standard InChI is InChI=1S/C16H16ClNO.C8H9N5O/c1-13-9-16(17)8-7-15(13)11-18(12-19)10-14-5-3-2-4-6-14;1-4(14)12-6-3-10-8(9)5-2-11-13-7(5)6/h2-9,12H,10-11H2,1H3;2-3H,1H3,(H2,9,10)(H,11,13)(H,12,14). The maximum absolute atomic E-state index is 11.2. The Morgan fingerprint density at radius 3 is 2.61 bits per heavy atom. The van der Waals surface area contributed by atoms with Gasteiger partial charge in [0.25, 0.3) is 0 Å². The van der Waals surface area contributed by atoms with Gasteiger partial charge >= 0.3 is 0 Å². The molecule has 2 amide bonds. The van der Waals surface area contributed by atoms with Crippen LogP contribution in [0, 0.1) is 6.92 Å². The number of nitrogens with two attached hydrogens (primary N) is 1. The summed E-state index contributed by atoms with van der Waals surface area (Å²) in [5.41, 5.74) is 10.2. The molecule has 33 heavy (non-hydrogen) atoms. The molecular weight excluding hydrogens is 440 g/mol. The van der Waals surface area contributed by atoms with Gasteiger partial charge in [-0.2, -0.15) is 5.10 Å². The monoisotopic (exact) mass is 464 g/mol. The summed E-state index contributed by atoms with van der Waals surface area (Å²) in [6.07, 6.45) is 3.96. The van der Waals surface area contributed by atoms with Gasteiger partial charge in [0.15, 0.2) is 0 Å². The van der Waals surface area contributed by atoms with E-state index in [0.717, 1.165) is 28.1 Å². The summed E-state index contributed by atoms with van der Waals surface area (Å²) in [4.78, 5) is 27.7. The Bertz CT molecular complexity index is 1240. The number of aryl methyl sites for hydroxylation is 1. The van der Waals surface area contributed by atoms with Crippen molar-refractivity contribution in [1.29, 1.82) is 0 Å². The van der Waals surface area contributed by atoms with Crippen LogP contribution in [0.3, 0.4) is 0 Å². The third kappa shape index (κ3) is 6.54. The van der Waals surface area contributed by atoms with Gasteiger partial charge in [-0.1, -0.05) is 48.0 Å². The Hall–Kier alpha value is -3.91. The maximum Gasteiger partial charge on any atom is 0.221 e. The van der Waals surface area contributed by atoms with Crippen molar-refractivity contribution in [2.45, 2.75) is 26.9 Å². The van der Waals surface area contributed by atoms with Crippen LogP contribution >= 0.6 is 11.6 Å². The fourth-order valence-electron chi connectivity index (χ4n) is 3.24. The highest BCUT2D eigenvalue weighted by atomic mass is 35.5. The number of carbonyl (C=O) groups is 2. The van der Waals surface area contributed by atoms with Gasteiger partial charge in [-0.25, -0.2) is 4.98 Å². The molecule has 0 aliphatic carbocycles. The van der Waals surface area contributed by atoms with E-state index in [9.17, 15) is 9.59 Å². The third-order valence-corrected chi connectivity index (χ3v) is 5.12. The normalized spacial score (nSPS) is 10.3. The minimum atomic E-state index is -0.160. The van der Waals surface area contributed by atoms with Crippen molar-refractivity contribution in [3.63, 3.8) is 0 Å². The highest BCUT2D eigenvalue weighted by Gasteiger charge is 2.08. The summed E-state index contributed by atoms with van der Waals surface area (Å²) in [5.74, 6) is 0.232. The minimum Gasteiger partial charge on any atom is -0.383 e. The number of fused-ring (bicyclic) bond motifs is 1. The Kier molecular flexibility index (Phi) is 7.99. The summed E-state index contributed by atoms with van der Waals surface area (Å²) in [5, 5.41) is 10.6. The van der Waals surface area contributed by atoms with Crippen LogP contribution in [0.15, 0.2) is 60.9 Å². The number of amides is 2. The van der Waals surface area contributed by atoms with Gasteiger partial charge in [0, 0.05) is 25.0 Å². The minimum absolute atomic E-state index is 0.160. The van der Waals surface area contributed by atoms with Crippen molar-refractivity contribution in [3.05, 3.63) is 82.6 Å². The molecule has 0 spiro atoms. The Balaban J connectivity index is 0.000000194. The van der Waals surface area contributed by atoms with Crippen LogP contribution in [0.25, 0.3) is 10.9 Å². The SMILES string of the molecule is CC(=O)Nc1cnc(N)c2cn[nH]c12.Cc1cc(Cl)ccc1CN(C=O)Cc1ccccc1. The van der Waals surface area contributed by atoms with E-state index >= 15 is 0 Å². The molecule has 9 heteroatoms. The average Bonchev–Trinajstić information content (AvgIpc) is 3.29. The smallest absolute Gasteiger partial charge is 0.221 e. The Labute approximate surface area is 196 Å². The number of halogens is 1. The number of aromatic nitrogens is 3. The molecular formula is C24H25ClN6O2. The van der Waals surface area contributed by atoms with Crippen molar-refractivity contribution >= 4 is 46.3 Å². The molecule has 0 aliphatic heterocycles. The third-order valence-electron chi connectivity index (χ3n) is 4.88. The zero-order chi connectivity index (χ0) is 23.8. The first-order chi connectivity index (χ1) is 15.9. The van der Waals surface area contributed by atoms with Crippen LogP contribution in [0.2, 0.25) is 5.02 Å². The molecule has 170 valence electrons. The number of benzene rings is 2. The lowest BCUT2D eigenvalue weighted by Crippen LogP contribution is -2.21. The van der Waals surface area contributed by atoms with Crippen LogP contribution in [0.1, 0.15) is 23.6 Å². The number of hydrogen-bond acceptors (Lipinski definition) is 5. The molecule has 0 radical (unpaired) electrons. The van der Waals surface area contributed by atoms with Crippen LogP contribution in [0.4, 0.5) is 11.5 Å². The van der Waals surface area contributed by atoms with Gasteiger partial charge in [-0.3, -0.25) is 14.7 Å². The number of pyridine rings is 1. The van der Waals surface area contributed by atoms with Gasteiger partial charge < -0.3 is 16.0 Å². The van der Waals surface area contributed by atoms with E-state index in [1.54, 1.807) is 11.1 Å². The molecule has 8 nitrogen and oxygen atoms in total. The quantitative estimate of drug-likeness (QED) is 0.367. The molecule has 0 unspecified atom stereocenters. The van der Waals surface area contributed by atoms with E-state index in [1.165, 1.54) is 13.1 Å². The summed E-state index contributed by atoms with van der Waals surface area (Å²) >= 11 is 5.93. The van der Waals surface area contributed by atoms with Gasteiger partial charge in [0.2, 0.25) is 12.3 Å². The molecule has 2 heterocycles. The Morgan fingerprint density at radius 2 is 1.94 bits per heavy atom. The largest absolute Gasteiger partial charge is 0.383 e. The van der Waals surface area contributed by atoms with Gasteiger partial charge in [-0.15, -0.1) is 0 Å². The molecule has 0 saturated carbocycles. The molecule has 4 rings (SSSR count). The molecule has 0 atom stereocenters. The number of nitrogens with zero attached hydrogens (tertiary/aromatic N) is 3. The molecule has 4 N–H and O–H groups in total. The lowest BCUT2D eigenvalue weighted by Gasteiger charge is -2.19. The van der Waals surface area contributed by atoms with Crippen molar-refractivity contribution in [2.75, 3.05) is 11.1 Å². The van der Waals surface area contributed by atoms with E-state index in [4.69, 9.17) is 17.3 Å². The first-order valence-corrected chi connectivity index (χ1v) is 10.6. The van der Waals surface area contributed by atoms with Gasteiger partial charge in [0.05, 0.1) is 29.0 Å². The predicted molar refractivity (Wildman–Crippen MR) is 131 cm³/mol. The van der Waals surface area contributed by atoms with Crippen LogP contribution in [-0.4, -0.2) is 32.4 Å². The molecule has 0 fully saturated rings. The van der Waals surface area contributed by atoms with Gasteiger partial charge in [0.1, 0.15) is 5.82 Å².